The third-order valence-electron chi connectivity index (χ3n) is 3.70. The van der Waals surface area contributed by atoms with E-state index in [4.69, 9.17) is 0 Å². The number of hydrogen-bond acceptors (Lipinski definition) is 2. The Labute approximate surface area is 119 Å². The number of hydrogen-bond donors (Lipinski definition) is 2. The molecule has 0 radical (unpaired) electrons. The van der Waals surface area contributed by atoms with E-state index in [1.165, 1.54) is 11.1 Å². The second-order valence-electron chi connectivity index (χ2n) is 5.09. The first-order valence-corrected chi connectivity index (χ1v) is 6.99. The fourth-order valence-corrected chi connectivity index (χ4v) is 2.71. The predicted octanol–water partition coefficient (Wildman–Crippen LogP) is 2.90. The Bertz CT molecular complexity index is 595. The zero-order valence-corrected chi connectivity index (χ0v) is 11.3. The summed E-state index contributed by atoms with van der Waals surface area (Å²) in [5, 5.41) is 6.23. The summed E-state index contributed by atoms with van der Waals surface area (Å²) >= 11 is 0. The summed E-state index contributed by atoms with van der Waals surface area (Å²) in [5.74, 6) is 0.000538. The molecular weight excluding hydrogens is 248 g/mol. The van der Waals surface area contributed by atoms with Crippen LogP contribution in [0.4, 0.5) is 5.69 Å². The van der Waals surface area contributed by atoms with Crippen LogP contribution in [0.15, 0.2) is 54.6 Å². The standard InChI is InChI=1S/C17H18N2O/c20-17(19-14-7-2-1-3-8-14)12-18-16-11-10-13-6-4-5-9-15(13)16/h1-9,16,18H,10-12H2,(H,19,20). The van der Waals surface area contributed by atoms with E-state index in [2.05, 4.69) is 34.9 Å². The molecule has 0 bridgehead atoms. The van der Waals surface area contributed by atoms with Gasteiger partial charge in [-0.3, -0.25) is 4.79 Å². The van der Waals surface area contributed by atoms with E-state index in [0.717, 1.165) is 18.5 Å². The van der Waals surface area contributed by atoms with E-state index < -0.39 is 0 Å². The Balaban J connectivity index is 1.54. The number of rotatable bonds is 4. The summed E-state index contributed by atoms with van der Waals surface area (Å²) in [5.41, 5.74) is 3.57. The Kier molecular flexibility index (Phi) is 3.79. The van der Waals surface area contributed by atoms with E-state index in [0.29, 0.717) is 12.6 Å². The van der Waals surface area contributed by atoms with Crippen molar-refractivity contribution in [3.05, 3.63) is 65.7 Å². The number of nitrogens with one attached hydrogen (secondary N) is 2. The maximum atomic E-state index is 11.9. The first kappa shape index (κ1) is 12.9. The highest BCUT2D eigenvalue weighted by molar-refractivity contribution is 5.92. The van der Waals surface area contributed by atoms with Crippen LogP contribution in [0.5, 0.6) is 0 Å². The van der Waals surface area contributed by atoms with E-state index in [1.807, 2.05) is 30.3 Å². The van der Waals surface area contributed by atoms with Crippen molar-refractivity contribution in [3.8, 4) is 0 Å². The molecule has 1 amide bonds. The minimum Gasteiger partial charge on any atom is -0.325 e. The van der Waals surface area contributed by atoms with Crippen molar-refractivity contribution in [3.63, 3.8) is 0 Å². The van der Waals surface area contributed by atoms with Crippen molar-refractivity contribution in [2.45, 2.75) is 18.9 Å². The summed E-state index contributed by atoms with van der Waals surface area (Å²) in [4.78, 5) is 11.9. The van der Waals surface area contributed by atoms with Gasteiger partial charge in [0.1, 0.15) is 0 Å². The highest BCUT2D eigenvalue weighted by Crippen LogP contribution is 2.30. The van der Waals surface area contributed by atoms with Gasteiger partial charge in [0.15, 0.2) is 0 Å². The quantitative estimate of drug-likeness (QED) is 0.893. The monoisotopic (exact) mass is 266 g/mol. The molecule has 20 heavy (non-hydrogen) atoms. The van der Waals surface area contributed by atoms with Gasteiger partial charge >= 0.3 is 0 Å². The molecule has 3 heteroatoms. The van der Waals surface area contributed by atoms with Crippen molar-refractivity contribution in [2.75, 3.05) is 11.9 Å². The van der Waals surface area contributed by atoms with Crippen LogP contribution in [-0.4, -0.2) is 12.5 Å². The molecule has 2 aromatic rings. The van der Waals surface area contributed by atoms with Gasteiger partial charge in [0.25, 0.3) is 0 Å². The molecule has 1 unspecified atom stereocenters. The number of benzene rings is 2. The van der Waals surface area contributed by atoms with Crippen molar-refractivity contribution in [1.82, 2.24) is 5.32 Å². The van der Waals surface area contributed by atoms with Crippen LogP contribution >= 0.6 is 0 Å². The minimum absolute atomic E-state index is 0.000538. The van der Waals surface area contributed by atoms with Crippen LogP contribution in [0.2, 0.25) is 0 Å². The minimum atomic E-state index is 0.000538. The van der Waals surface area contributed by atoms with Crippen molar-refractivity contribution in [2.24, 2.45) is 0 Å². The fraction of sp³-hybridized carbons (Fsp3) is 0.235. The molecule has 0 saturated carbocycles. The van der Waals surface area contributed by atoms with Gasteiger partial charge < -0.3 is 10.6 Å². The molecule has 102 valence electrons. The molecule has 0 aliphatic heterocycles. The fourth-order valence-electron chi connectivity index (χ4n) is 2.71. The topological polar surface area (TPSA) is 41.1 Å². The first-order chi connectivity index (χ1) is 9.83. The van der Waals surface area contributed by atoms with Crippen LogP contribution in [-0.2, 0) is 11.2 Å². The lowest BCUT2D eigenvalue weighted by Crippen LogP contribution is -2.30. The lowest BCUT2D eigenvalue weighted by atomic mass is 10.1. The van der Waals surface area contributed by atoms with E-state index >= 15 is 0 Å². The van der Waals surface area contributed by atoms with Gasteiger partial charge in [-0.15, -0.1) is 0 Å². The van der Waals surface area contributed by atoms with Gasteiger partial charge in [-0.05, 0) is 36.1 Å². The number of carbonyl (C=O) groups is 1. The largest absolute Gasteiger partial charge is 0.325 e. The van der Waals surface area contributed by atoms with Crippen LogP contribution in [0.1, 0.15) is 23.6 Å². The summed E-state index contributed by atoms with van der Waals surface area (Å²) in [6.07, 6.45) is 2.16. The lowest BCUT2D eigenvalue weighted by Gasteiger charge is -2.14. The number of amides is 1. The van der Waals surface area contributed by atoms with E-state index in [9.17, 15) is 4.79 Å². The SMILES string of the molecule is O=C(CNC1CCc2ccccc21)Nc1ccccc1. The van der Waals surface area contributed by atoms with Gasteiger partial charge in [-0.25, -0.2) is 0 Å². The van der Waals surface area contributed by atoms with Crippen LogP contribution in [0.25, 0.3) is 0 Å². The summed E-state index contributed by atoms with van der Waals surface area (Å²) in [6, 6.07) is 18.3. The number of aryl methyl sites for hydroxylation is 1. The molecule has 3 nitrogen and oxygen atoms in total. The van der Waals surface area contributed by atoms with Crippen molar-refractivity contribution in [1.29, 1.82) is 0 Å². The van der Waals surface area contributed by atoms with Crippen LogP contribution in [0, 0.1) is 0 Å². The lowest BCUT2D eigenvalue weighted by molar-refractivity contribution is -0.115. The second kappa shape index (κ2) is 5.88. The third-order valence-corrected chi connectivity index (χ3v) is 3.70. The van der Waals surface area contributed by atoms with Crippen LogP contribution in [0.3, 0.4) is 0 Å². The Hall–Kier alpha value is -2.13. The molecule has 0 spiro atoms. The first-order valence-electron chi connectivity index (χ1n) is 6.99. The van der Waals surface area contributed by atoms with Crippen molar-refractivity contribution < 1.29 is 4.79 Å². The van der Waals surface area contributed by atoms with Gasteiger partial charge in [0.2, 0.25) is 5.91 Å². The Morgan fingerprint density at radius 1 is 1.05 bits per heavy atom. The number of anilines is 1. The summed E-state index contributed by atoms with van der Waals surface area (Å²) in [7, 11) is 0. The molecule has 3 rings (SSSR count). The molecule has 0 fully saturated rings. The number of fused-ring (bicyclic) bond motifs is 1. The second-order valence-corrected chi connectivity index (χ2v) is 5.09. The molecule has 0 aromatic heterocycles. The molecular formula is C17H18N2O. The van der Waals surface area contributed by atoms with E-state index in [1.54, 1.807) is 0 Å². The van der Waals surface area contributed by atoms with Gasteiger partial charge in [0.05, 0.1) is 6.54 Å². The molecule has 1 aliphatic carbocycles. The third kappa shape index (κ3) is 2.89. The average molecular weight is 266 g/mol. The summed E-state index contributed by atoms with van der Waals surface area (Å²) in [6.45, 7) is 0.341. The smallest absolute Gasteiger partial charge is 0.238 e. The summed E-state index contributed by atoms with van der Waals surface area (Å²) < 4.78 is 0. The molecule has 0 saturated heterocycles. The average Bonchev–Trinajstić information content (AvgIpc) is 2.89. The van der Waals surface area contributed by atoms with Gasteiger partial charge in [-0.2, -0.15) is 0 Å². The van der Waals surface area contributed by atoms with Gasteiger partial charge in [-0.1, -0.05) is 42.5 Å². The molecule has 2 aromatic carbocycles. The number of carbonyl (C=O) groups excluding carboxylic acids is 1. The molecule has 0 heterocycles. The Morgan fingerprint density at radius 2 is 1.80 bits per heavy atom. The molecule has 2 N–H and O–H groups in total. The predicted molar refractivity (Wildman–Crippen MR) is 80.6 cm³/mol. The van der Waals surface area contributed by atoms with Crippen molar-refractivity contribution >= 4 is 11.6 Å². The molecule has 1 atom stereocenters. The zero-order valence-electron chi connectivity index (χ0n) is 11.3. The highest BCUT2D eigenvalue weighted by Gasteiger charge is 2.21. The van der Waals surface area contributed by atoms with E-state index in [-0.39, 0.29) is 5.91 Å². The molecule has 1 aliphatic rings. The maximum absolute atomic E-state index is 11.9. The Morgan fingerprint density at radius 3 is 2.65 bits per heavy atom. The highest BCUT2D eigenvalue weighted by atomic mass is 16.1. The zero-order chi connectivity index (χ0) is 13.8. The normalized spacial score (nSPS) is 16.7. The number of para-hydroxylation sites is 1. The van der Waals surface area contributed by atoms with Crippen LogP contribution < -0.4 is 10.6 Å². The van der Waals surface area contributed by atoms with Gasteiger partial charge in [0, 0.05) is 11.7 Å². The maximum Gasteiger partial charge on any atom is 0.238 e.